The molecule has 7 heteroatoms. The van der Waals surface area contributed by atoms with Gasteiger partial charge in [-0.15, -0.1) is 11.3 Å². The Morgan fingerprint density at radius 1 is 1.23 bits per heavy atom. The molecule has 0 unspecified atom stereocenters. The second-order valence-corrected chi connectivity index (χ2v) is 9.32. The number of fused-ring (bicyclic) bond motifs is 1. The van der Waals surface area contributed by atoms with Gasteiger partial charge in [0.15, 0.2) is 0 Å². The SMILES string of the molecule is CC1CCC2(CC1)NC(=O)N(NC(=O)c1cc3c(s1)CC[C@H](C)C3)C2=O. The number of thiophene rings is 1. The van der Waals surface area contributed by atoms with Crippen LogP contribution >= 0.6 is 11.3 Å². The number of carbonyl (C=O) groups is 3. The van der Waals surface area contributed by atoms with Crippen LogP contribution in [-0.2, 0) is 17.6 Å². The maximum Gasteiger partial charge on any atom is 0.344 e. The van der Waals surface area contributed by atoms with Crippen LogP contribution in [0.3, 0.4) is 0 Å². The Bertz CT molecular complexity index is 764. The van der Waals surface area contributed by atoms with Gasteiger partial charge in [-0.05, 0) is 68.4 Å². The molecule has 0 aromatic carbocycles. The lowest BCUT2D eigenvalue weighted by Gasteiger charge is -2.33. The average Bonchev–Trinajstić information content (AvgIpc) is 3.12. The highest BCUT2D eigenvalue weighted by molar-refractivity contribution is 7.14. The van der Waals surface area contributed by atoms with E-state index in [1.54, 1.807) is 0 Å². The van der Waals surface area contributed by atoms with E-state index >= 15 is 0 Å². The van der Waals surface area contributed by atoms with Crippen LogP contribution in [0, 0.1) is 11.8 Å². The molecule has 1 spiro atoms. The fraction of sp³-hybridized carbons (Fsp3) is 0.632. The van der Waals surface area contributed by atoms with Crippen LogP contribution in [0.2, 0.25) is 0 Å². The van der Waals surface area contributed by atoms with Crippen molar-refractivity contribution >= 4 is 29.2 Å². The van der Waals surface area contributed by atoms with Crippen LogP contribution in [0.15, 0.2) is 6.07 Å². The first-order valence-electron chi connectivity index (χ1n) is 9.47. The van der Waals surface area contributed by atoms with Crippen LogP contribution in [0.5, 0.6) is 0 Å². The van der Waals surface area contributed by atoms with Crippen molar-refractivity contribution in [1.29, 1.82) is 0 Å². The monoisotopic (exact) mass is 375 g/mol. The minimum absolute atomic E-state index is 0.322. The number of amides is 4. The van der Waals surface area contributed by atoms with Crippen molar-refractivity contribution in [2.45, 2.75) is 64.3 Å². The standard InChI is InChI=1S/C19H25N3O3S/c1-11-5-7-19(8-6-11)17(24)22(18(25)20-19)21-16(23)15-10-13-9-12(2)3-4-14(13)26-15/h10-12H,3-9H2,1-2H3,(H,20,25)(H,21,23)/t11?,12-,19?/m0/s1. The topological polar surface area (TPSA) is 78.5 Å². The van der Waals surface area contributed by atoms with E-state index in [-0.39, 0.29) is 11.8 Å². The summed E-state index contributed by atoms with van der Waals surface area (Å²) in [6, 6.07) is 1.40. The van der Waals surface area contributed by atoms with Crippen molar-refractivity contribution < 1.29 is 14.4 Å². The Labute approximate surface area is 157 Å². The molecule has 3 aliphatic rings. The number of hydrogen-bond donors (Lipinski definition) is 2. The van der Waals surface area contributed by atoms with E-state index in [4.69, 9.17) is 0 Å². The van der Waals surface area contributed by atoms with Crippen molar-refractivity contribution in [3.8, 4) is 0 Å². The Morgan fingerprint density at radius 3 is 2.69 bits per heavy atom. The first-order chi connectivity index (χ1) is 12.4. The van der Waals surface area contributed by atoms with Crippen molar-refractivity contribution in [3.05, 3.63) is 21.4 Å². The zero-order chi connectivity index (χ0) is 18.5. The Morgan fingerprint density at radius 2 is 1.96 bits per heavy atom. The molecule has 1 aromatic heterocycles. The van der Waals surface area contributed by atoms with Gasteiger partial charge in [0, 0.05) is 4.88 Å². The molecule has 1 saturated carbocycles. The fourth-order valence-corrected chi connectivity index (χ4v) is 5.39. The Hall–Kier alpha value is -1.89. The number of imide groups is 1. The predicted molar refractivity (Wildman–Crippen MR) is 98.7 cm³/mol. The number of carbonyl (C=O) groups excluding carboxylic acids is 3. The molecule has 4 amide bonds. The zero-order valence-electron chi connectivity index (χ0n) is 15.3. The summed E-state index contributed by atoms with van der Waals surface area (Å²) < 4.78 is 0. The largest absolute Gasteiger partial charge is 0.344 e. The molecular formula is C19H25N3O3S. The van der Waals surface area contributed by atoms with Crippen molar-refractivity contribution in [1.82, 2.24) is 15.8 Å². The first kappa shape index (κ1) is 17.5. The van der Waals surface area contributed by atoms with Gasteiger partial charge in [0.05, 0.1) is 4.88 Å². The lowest BCUT2D eigenvalue weighted by molar-refractivity contribution is -0.134. The Kier molecular flexibility index (Phi) is 4.29. The number of urea groups is 1. The van der Waals surface area contributed by atoms with Gasteiger partial charge in [0.1, 0.15) is 5.54 Å². The van der Waals surface area contributed by atoms with E-state index < -0.39 is 11.6 Å². The highest BCUT2D eigenvalue weighted by Gasteiger charge is 2.53. The van der Waals surface area contributed by atoms with Crippen molar-refractivity contribution in [3.63, 3.8) is 0 Å². The number of nitrogens with one attached hydrogen (secondary N) is 2. The smallest absolute Gasteiger partial charge is 0.322 e. The summed E-state index contributed by atoms with van der Waals surface area (Å²) in [6.07, 6.45) is 6.21. The lowest BCUT2D eigenvalue weighted by Crippen LogP contribution is -2.51. The molecule has 140 valence electrons. The summed E-state index contributed by atoms with van der Waals surface area (Å²) in [5, 5.41) is 3.72. The zero-order valence-corrected chi connectivity index (χ0v) is 16.1. The van der Waals surface area contributed by atoms with E-state index in [9.17, 15) is 14.4 Å². The van der Waals surface area contributed by atoms with Crippen LogP contribution < -0.4 is 10.7 Å². The molecule has 1 aromatic rings. The van der Waals surface area contributed by atoms with E-state index in [0.717, 1.165) is 37.1 Å². The van der Waals surface area contributed by atoms with Gasteiger partial charge in [0.25, 0.3) is 11.8 Å². The van der Waals surface area contributed by atoms with Gasteiger partial charge < -0.3 is 5.32 Å². The van der Waals surface area contributed by atoms with E-state index in [0.29, 0.717) is 29.6 Å². The highest BCUT2D eigenvalue weighted by Crippen LogP contribution is 2.36. The quantitative estimate of drug-likeness (QED) is 0.780. The molecule has 4 rings (SSSR count). The summed E-state index contributed by atoms with van der Waals surface area (Å²) in [5.41, 5.74) is 2.94. The molecule has 26 heavy (non-hydrogen) atoms. The molecular weight excluding hydrogens is 350 g/mol. The van der Waals surface area contributed by atoms with Gasteiger partial charge >= 0.3 is 6.03 Å². The molecule has 1 atom stereocenters. The number of hydrazine groups is 1. The van der Waals surface area contributed by atoms with Crippen molar-refractivity contribution in [2.24, 2.45) is 11.8 Å². The summed E-state index contributed by atoms with van der Waals surface area (Å²) in [4.78, 5) is 39.6. The molecule has 2 aliphatic carbocycles. The first-order valence-corrected chi connectivity index (χ1v) is 10.3. The minimum Gasteiger partial charge on any atom is -0.322 e. The molecule has 0 bridgehead atoms. The van der Waals surface area contributed by atoms with Crippen LogP contribution in [0.1, 0.15) is 66.1 Å². The average molecular weight is 375 g/mol. The molecule has 1 aliphatic heterocycles. The third kappa shape index (κ3) is 2.92. The minimum atomic E-state index is -0.832. The van der Waals surface area contributed by atoms with Gasteiger partial charge in [-0.3, -0.25) is 15.0 Å². The summed E-state index contributed by atoms with van der Waals surface area (Å²) in [7, 11) is 0. The number of aryl methyl sites for hydroxylation is 1. The molecule has 2 N–H and O–H groups in total. The van der Waals surface area contributed by atoms with E-state index in [1.165, 1.54) is 21.8 Å². The maximum absolute atomic E-state index is 12.8. The molecule has 2 fully saturated rings. The third-order valence-corrected chi connectivity index (χ3v) is 7.29. The maximum atomic E-state index is 12.8. The van der Waals surface area contributed by atoms with Crippen molar-refractivity contribution in [2.75, 3.05) is 0 Å². The normalized spacial score (nSPS) is 31.1. The summed E-state index contributed by atoms with van der Waals surface area (Å²) in [6.45, 7) is 4.38. The predicted octanol–water partition coefficient (Wildman–Crippen LogP) is 3.02. The highest BCUT2D eigenvalue weighted by atomic mass is 32.1. The van der Waals surface area contributed by atoms with Gasteiger partial charge in [-0.2, -0.15) is 5.01 Å². The van der Waals surface area contributed by atoms with Gasteiger partial charge in [-0.25, -0.2) is 4.79 Å². The number of nitrogens with zero attached hydrogens (tertiary/aromatic N) is 1. The fourth-order valence-electron chi connectivity index (χ4n) is 4.29. The molecule has 1 saturated heterocycles. The number of rotatable bonds is 2. The van der Waals surface area contributed by atoms with Gasteiger partial charge in [-0.1, -0.05) is 13.8 Å². The summed E-state index contributed by atoms with van der Waals surface area (Å²) >= 11 is 1.48. The van der Waals surface area contributed by atoms with E-state index in [2.05, 4.69) is 24.6 Å². The number of hydrogen-bond acceptors (Lipinski definition) is 4. The Balaban J connectivity index is 1.48. The molecule has 6 nitrogen and oxygen atoms in total. The molecule has 2 heterocycles. The van der Waals surface area contributed by atoms with Gasteiger partial charge in [0.2, 0.25) is 0 Å². The van der Waals surface area contributed by atoms with Crippen LogP contribution in [-0.4, -0.2) is 28.4 Å². The second-order valence-electron chi connectivity index (χ2n) is 8.18. The third-order valence-electron chi connectivity index (χ3n) is 6.06. The lowest BCUT2D eigenvalue weighted by atomic mass is 9.77. The summed E-state index contributed by atoms with van der Waals surface area (Å²) in [5.74, 6) is 0.501. The van der Waals surface area contributed by atoms with Crippen LogP contribution in [0.4, 0.5) is 4.79 Å². The molecule has 0 radical (unpaired) electrons. The van der Waals surface area contributed by atoms with Crippen LogP contribution in [0.25, 0.3) is 0 Å². The second kappa shape index (κ2) is 6.37. The van der Waals surface area contributed by atoms with E-state index in [1.807, 2.05) is 6.07 Å².